The smallest absolute Gasteiger partial charge is 0.193 e. The fourth-order valence-corrected chi connectivity index (χ4v) is 2.94. The molecule has 0 radical (unpaired) electrons. The van der Waals surface area contributed by atoms with Gasteiger partial charge in [-0.2, -0.15) is 5.10 Å². The van der Waals surface area contributed by atoms with Crippen LogP contribution in [-0.4, -0.2) is 65.5 Å². The summed E-state index contributed by atoms with van der Waals surface area (Å²) >= 11 is 0. The summed E-state index contributed by atoms with van der Waals surface area (Å²) in [5.74, 6) is 1.26. The zero-order valence-corrected chi connectivity index (χ0v) is 16.7. The fraction of sp³-hybridized carbons (Fsp3) is 0.412. The number of benzene rings is 1. The molecule has 1 aliphatic rings. The van der Waals surface area contributed by atoms with Crippen LogP contribution in [0.25, 0.3) is 0 Å². The number of nitrogens with one attached hydrogen (secondary N) is 1. The second-order valence-corrected chi connectivity index (χ2v) is 5.71. The van der Waals surface area contributed by atoms with Crippen LogP contribution in [0.5, 0.6) is 5.75 Å². The first kappa shape index (κ1) is 19.4. The molecule has 1 aromatic carbocycles. The topological polar surface area (TPSA) is 68.9 Å². The van der Waals surface area contributed by atoms with Gasteiger partial charge >= 0.3 is 0 Å². The van der Waals surface area contributed by atoms with E-state index in [4.69, 9.17) is 0 Å². The third-order valence-corrected chi connectivity index (χ3v) is 4.20. The van der Waals surface area contributed by atoms with E-state index in [1.807, 2.05) is 42.2 Å². The highest BCUT2D eigenvalue weighted by molar-refractivity contribution is 14.0. The van der Waals surface area contributed by atoms with E-state index in [1.54, 1.807) is 12.3 Å². The number of phenols is 1. The molecule has 1 saturated heterocycles. The number of nitrogens with zero attached hydrogens (tertiary/aromatic N) is 5. The third kappa shape index (κ3) is 5.00. The summed E-state index contributed by atoms with van der Waals surface area (Å²) in [4.78, 5) is 8.84. The van der Waals surface area contributed by atoms with Gasteiger partial charge in [-0.1, -0.05) is 12.1 Å². The molecule has 0 spiro atoms. The predicted octanol–water partition coefficient (Wildman–Crippen LogP) is 1.60. The number of para-hydroxylation sites is 2. The molecule has 1 aromatic heterocycles. The molecule has 136 valence electrons. The maximum Gasteiger partial charge on any atom is 0.193 e. The first-order chi connectivity index (χ1) is 11.8. The Balaban J connectivity index is 0.00000225. The van der Waals surface area contributed by atoms with Gasteiger partial charge in [0.2, 0.25) is 0 Å². The Labute approximate surface area is 165 Å². The monoisotopic (exact) mass is 456 g/mol. The lowest BCUT2D eigenvalue weighted by Crippen LogP contribution is -2.53. The van der Waals surface area contributed by atoms with Crippen LogP contribution in [0.2, 0.25) is 0 Å². The summed E-state index contributed by atoms with van der Waals surface area (Å²) < 4.78 is 1.90. The number of aromatic nitrogens is 2. The second kappa shape index (κ2) is 9.50. The predicted molar refractivity (Wildman–Crippen MR) is 111 cm³/mol. The number of hydrogen-bond donors (Lipinski definition) is 2. The first-order valence-electron chi connectivity index (χ1n) is 8.24. The lowest BCUT2D eigenvalue weighted by atomic mass is 10.2. The number of anilines is 1. The average molecular weight is 456 g/mol. The van der Waals surface area contributed by atoms with Crippen LogP contribution in [0.3, 0.4) is 0 Å². The second-order valence-electron chi connectivity index (χ2n) is 5.71. The van der Waals surface area contributed by atoms with Crippen LogP contribution in [-0.2, 0) is 6.54 Å². The largest absolute Gasteiger partial charge is 0.506 e. The number of piperazine rings is 1. The van der Waals surface area contributed by atoms with E-state index >= 15 is 0 Å². The maximum absolute atomic E-state index is 9.99. The lowest BCUT2D eigenvalue weighted by Gasteiger charge is -2.37. The van der Waals surface area contributed by atoms with E-state index in [-0.39, 0.29) is 24.0 Å². The zero-order valence-electron chi connectivity index (χ0n) is 14.4. The Morgan fingerprint density at radius 1 is 1.20 bits per heavy atom. The molecule has 0 amide bonds. The van der Waals surface area contributed by atoms with E-state index in [2.05, 4.69) is 25.2 Å². The van der Waals surface area contributed by atoms with Gasteiger partial charge in [0, 0.05) is 52.2 Å². The van der Waals surface area contributed by atoms with Gasteiger partial charge in [-0.05, 0) is 18.2 Å². The van der Waals surface area contributed by atoms with Crippen molar-refractivity contribution in [2.24, 2.45) is 4.99 Å². The van der Waals surface area contributed by atoms with E-state index in [0.29, 0.717) is 5.75 Å². The molecule has 0 saturated carbocycles. The van der Waals surface area contributed by atoms with E-state index in [1.165, 1.54) is 0 Å². The highest BCUT2D eigenvalue weighted by Gasteiger charge is 2.21. The zero-order chi connectivity index (χ0) is 16.8. The molecule has 2 heterocycles. The van der Waals surface area contributed by atoms with Crippen LogP contribution in [0.1, 0.15) is 0 Å². The minimum absolute atomic E-state index is 0. The normalized spacial score (nSPS) is 15.0. The standard InChI is InChI=1S/C17H24N6O.HI/c1-18-17(19-8-10-23-9-4-7-20-23)22-13-11-21(12-14-22)15-5-2-3-6-16(15)24;/h2-7,9,24H,8,10-14H2,1H3,(H,18,19);1H. The van der Waals surface area contributed by atoms with Gasteiger partial charge in [-0.3, -0.25) is 9.67 Å². The van der Waals surface area contributed by atoms with Crippen molar-refractivity contribution in [2.75, 3.05) is 44.7 Å². The molecular weight excluding hydrogens is 431 g/mol. The van der Waals surface area contributed by atoms with Crippen molar-refractivity contribution in [1.29, 1.82) is 0 Å². The van der Waals surface area contributed by atoms with Gasteiger partial charge in [0.25, 0.3) is 0 Å². The van der Waals surface area contributed by atoms with Crippen molar-refractivity contribution in [3.05, 3.63) is 42.7 Å². The maximum atomic E-state index is 9.99. The van der Waals surface area contributed by atoms with E-state index < -0.39 is 0 Å². The van der Waals surface area contributed by atoms with Crippen LogP contribution in [0, 0.1) is 0 Å². The summed E-state index contributed by atoms with van der Waals surface area (Å²) in [5.41, 5.74) is 0.902. The van der Waals surface area contributed by atoms with Crippen LogP contribution in [0.15, 0.2) is 47.7 Å². The van der Waals surface area contributed by atoms with Crippen molar-refractivity contribution in [1.82, 2.24) is 20.0 Å². The molecule has 0 bridgehead atoms. The van der Waals surface area contributed by atoms with Crippen LogP contribution < -0.4 is 10.2 Å². The van der Waals surface area contributed by atoms with Gasteiger partial charge < -0.3 is 20.2 Å². The number of phenolic OH excluding ortho intramolecular Hbond substituents is 1. The van der Waals surface area contributed by atoms with Crippen molar-refractivity contribution in [3.63, 3.8) is 0 Å². The first-order valence-corrected chi connectivity index (χ1v) is 8.24. The third-order valence-electron chi connectivity index (χ3n) is 4.20. The Hall–Kier alpha value is -1.97. The minimum atomic E-state index is 0. The molecule has 7 nitrogen and oxygen atoms in total. The minimum Gasteiger partial charge on any atom is -0.506 e. The highest BCUT2D eigenvalue weighted by atomic mass is 127. The van der Waals surface area contributed by atoms with Gasteiger partial charge in [-0.25, -0.2) is 0 Å². The molecular formula is C17H25IN6O. The van der Waals surface area contributed by atoms with Crippen molar-refractivity contribution >= 4 is 35.6 Å². The van der Waals surface area contributed by atoms with E-state index in [0.717, 1.165) is 50.9 Å². The van der Waals surface area contributed by atoms with Gasteiger partial charge in [0.15, 0.2) is 5.96 Å². The van der Waals surface area contributed by atoms with Gasteiger partial charge in [-0.15, -0.1) is 24.0 Å². The SMILES string of the molecule is CN=C(NCCn1cccn1)N1CCN(c2ccccc2O)CC1.I. The van der Waals surface area contributed by atoms with Gasteiger partial charge in [0.1, 0.15) is 5.75 Å². The Morgan fingerprint density at radius 2 is 1.96 bits per heavy atom. The number of halogens is 1. The Kier molecular flexibility index (Phi) is 7.35. The van der Waals surface area contributed by atoms with E-state index in [9.17, 15) is 5.11 Å². The molecule has 2 N–H and O–H groups in total. The fourth-order valence-electron chi connectivity index (χ4n) is 2.94. The van der Waals surface area contributed by atoms with Crippen molar-refractivity contribution < 1.29 is 5.11 Å². The Bertz CT molecular complexity index is 668. The molecule has 0 atom stereocenters. The Morgan fingerprint density at radius 3 is 2.60 bits per heavy atom. The summed E-state index contributed by atoms with van der Waals surface area (Å²) in [6.45, 7) is 5.05. The summed E-state index contributed by atoms with van der Waals surface area (Å²) in [7, 11) is 1.81. The molecule has 3 rings (SSSR count). The molecule has 2 aromatic rings. The quantitative estimate of drug-likeness (QED) is 0.416. The molecule has 0 aliphatic carbocycles. The highest BCUT2D eigenvalue weighted by Crippen LogP contribution is 2.27. The number of rotatable bonds is 4. The molecule has 25 heavy (non-hydrogen) atoms. The molecule has 1 aliphatic heterocycles. The average Bonchev–Trinajstić information content (AvgIpc) is 3.13. The molecule has 8 heteroatoms. The number of hydrogen-bond acceptors (Lipinski definition) is 4. The number of aromatic hydroxyl groups is 1. The van der Waals surface area contributed by atoms with Crippen LogP contribution in [0.4, 0.5) is 5.69 Å². The van der Waals surface area contributed by atoms with Crippen molar-refractivity contribution in [3.8, 4) is 5.75 Å². The summed E-state index contributed by atoms with van der Waals surface area (Å²) in [5, 5.41) is 17.6. The summed E-state index contributed by atoms with van der Waals surface area (Å²) in [6, 6.07) is 9.42. The number of aliphatic imine (C=N–C) groups is 1. The molecule has 1 fully saturated rings. The van der Waals surface area contributed by atoms with Crippen LogP contribution >= 0.6 is 24.0 Å². The molecule has 0 unspecified atom stereocenters. The lowest BCUT2D eigenvalue weighted by molar-refractivity contribution is 0.368. The number of guanidine groups is 1. The van der Waals surface area contributed by atoms with Gasteiger partial charge in [0.05, 0.1) is 12.2 Å². The summed E-state index contributed by atoms with van der Waals surface area (Å²) in [6.07, 6.45) is 3.74. The van der Waals surface area contributed by atoms with Crippen molar-refractivity contribution in [2.45, 2.75) is 6.54 Å².